The summed E-state index contributed by atoms with van der Waals surface area (Å²) in [6, 6.07) is 14.4. The van der Waals surface area contributed by atoms with Crippen molar-refractivity contribution in [2.45, 2.75) is 38.0 Å². The zero-order valence-electron chi connectivity index (χ0n) is 25.0. The van der Waals surface area contributed by atoms with Crippen LogP contribution >= 0.6 is 0 Å². The first-order chi connectivity index (χ1) is 21.7. The number of rotatable bonds is 2. The van der Waals surface area contributed by atoms with Crippen LogP contribution in [0.4, 0.5) is 4.39 Å². The number of carbonyl (C=O) groups excluding carboxylic acids is 3. The number of amides is 3. The standard InChI is InChI=1S/C33H34FN5O6/c1-38-11-9-22-5-6-25(37-32(22)38)33(42)39-12-10-27-26(18-39)36-31(41)19-44-29-15-20(3-7-28(29)43-2)4-8-30(40)35-17-21-13-23(34)16-24(14-21)45-27/h3,5-7,9,11,13-16,26-27H,4,8,10,12,17-19H2,1-2H3,(H,35,40)(H,36,41)/t26-,27-/m1/s1. The molecule has 0 saturated carbocycles. The number of fused-ring (bicyclic) bond motifs is 6. The predicted octanol–water partition coefficient (Wildman–Crippen LogP) is 3.14. The van der Waals surface area contributed by atoms with Crippen molar-refractivity contribution in [1.29, 1.82) is 0 Å². The van der Waals surface area contributed by atoms with Crippen molar-refractivity contribution in [2.75, 3.05) is 26.8 Å². The first-order valence-corrected chi connectivity index (χ1v) is 14.8. The van der Waals surface area contributed by atoms with Gasteiger partial charge in [0.25, 0.3) is 11.8 Å². The molecule has 12 heteroatoms. The van der Waals surface area contributed by atoms with Crippen molar-refractivity contribution in [3.63, 3.8) is 0 Å². The summed E-state index contributed by atoms with van der Waals surface area (Å²) in [5, 5.41) is 6.73. The lowest BCUT2D eigenvalue weighted by Crippen LogP contribution is -2.58. The Bertz CT molecular complexity index is 1760. The maximum atomic E-state index is 14.6. The van der Waals surface area contributed by atoms with Gasteiger partial charge in [-0.1, -0.05) is 6.07 Å². The number of hydrogen-bond donors (Lipinski definition) is 2. The average molecular weight is 616 g/mol. The van der Waals surface area contributed by atoms with Crippen LogP contribution in [0.3, 0.4) is 0 Å². The van der Waals surface area contributed by atoms with Crippen LogP contribution < -0.4 is 24.8 Å². The summed E-state index contributed by atoms with van der Waals surface area (Å²) in [4.78, 5) is 45.6. The Morgan fingerprint density at radius 3 is 2.76 bits per heavy atom. The minimum absolute atomic E-state index is 0.121. The fourth-order valence-corrected chi connectivity index (χ4v) is 5.70. The lowest BCUT2D eigenvalue weighted by Gasteiger charge is -2.38. The molecule has 6 rings (SSSR count). The van der Waals surface area contributed by atoms with Crippen molar-refractivity contribution < 1.29 is 33.0 Å². The number of pyridine rings is 1. The fraction of sp³-hybridized carbons (Fsp3) is 0.333. The molecule has 4 bridgehead atoms. The quantitative estimate of drug-likeness (QED) is 0.355. The number of aromatic nitrogens is 2. The smallest absolute Gasteiger partial charge is 0.272 e. The Labute approximate surface area is 259 Å². The van der Waals surface area contributed by atoms with Crippen molar-refractivity contribution in [1.82, 2.24) is 25.1 Å². The van der Waals surface area contributed by atoms with Gasteiger partial charge >= 0.3 is 0 Å². The predicted molar refractivity (Wildman–Crippen MR) is 163 cm³/mol. The van der Waals surface area contributed by atoms with Gasteiger partial charge in [-0.3, -0.25) is 14.4 Å². The van der Waals surface area contributed by atoms with E-state index in [1.165, 1.54) is 19.2 Å². The second kappa shape index (κ2) is 12.8. The number of likely N-dealkylation sites (tertiary alicyclic amines) is 1. The lowest BCUT2D eigenvalue weighted by atomic mass is 10.0. The number of aryl methyl sites for hydroxylation is 2. The number of piperidine rings is 1. The summed E-state index contributed by atoms with van der Waals surface area (Å²) in [6.07, 6.45) is 2.30. The SMILES string of the molecule is COc1ccc2cc1OCC(=O)N[C@@H]1CN(C(=O)c3ccc4ccn(C)c4n3)CC[C@H]1Oc1cc(F)cc(c1)CNC(=O)CC2. The highest BCUT2D eigenvalue weighted by Gasteiger charge is 2.35. The van der Waals surface area contributed by atoms with E-state index in [2.05, 4.69) is 15.6 Å². The highest BCUT2D eigenvalue weighted by atomic mass is 19.1. The molecule has 2 aliphatic rings. The van der Waals surface area contributed by atoms with Crippen molar-refractivity contribution in [3.05, 3.63) is 83.4 Å². The molecule has 2 N–H and O–H groups in total. The molecule has 2 atom stereocenters. The minimum Gasteiger partial charge on any atom is -0.493 e. The van der Waals surface area contributed by atoms with E-state index in [9.17, 15) is 18.8 Å². The number of methoxy groups -OCH3 is 1. The van der Waals surface area contributed by atoms with Crippen LogP contribution in [0.15, 0.2) is 60.8 Å². The summed E-state index contributed by atoms with van der Waals surface area (Å²) in [5.41, 5.74) is 2.35. The third kappa shape index (κ3) is 6.84. The molecule has 2 aliphatic heterocycles. The van der Waals surface area contributed by atoms with Gasteiger partial charge in [0.1, 0.15) is 29.0 Å². The van der Waals surface area contributed by atoms with E-state index >= 15 is 0 Å². The maximum Gasteiger partial charge on any atom is 0.272 e. The summed E-state index contributed by atoms with van der Waals surface area (Å²) in [5.74, 6) is -0.335. The topological polar surface area (TPSA) is 124 Å². The molecular formula is C33H34FN5O6. The summed E-state index contributed by atoms with van der Waals surface area (Å²) >= 11 is 0. The number of nitrogens with zero attached hydrogens (tertiary/aromatic N) is 3. The number of benzene rings is 2. The molecule has 3 amide bonds. The highest BCUT2D eigenvalue weighted by molar-refractivity contribution is 5.94. The largest absolute Gasteiger partial charge is 0.493 e. The summed E-state index contributed by atoms with van der Waals surface area (Å²) in [6.45, 7) is 0.267. The Balaban J connectivity index is 1.27. The van der Waals surface area contributed by atoms with Gasteiger partial charge in [0.15, 0.2) is 18.1 Å². The van der Waals surface area contributed by atoms with Gasteiger partial charge in [0.05, 0.1) is 13.2 Å². The Morgan fingerprint density at radius 1 is 1.04 bits per heavy atom. The van der Waals surface area contributed by atoms with E-state index in [1.807, 2.05) is 36.0 Å². The number of ether oxygens (including phenoxy) is 3. The van der Waals surface area contributed by atoms with E-state index < -0.39 is 23.9 Å². The summed E-state index contributed by atoms with van der Waals surface area (Å²) in [7, 11) is 3.37. The van der Waals surface area contributed by atoms with E-state index in [1.54, 1.807) is 29.2 Å². The van der Waals surface area contributed by atoms with Gasteiger partial charge in [0, 0.05) is 57.2 Å². The average Bonchev–Trinajstić information content (AvgIpc) is 3.41. The first kappa shape index (κ1) is 29.9. The van der Waals surface area contributed by atoms with Crippen LogP contribution in [-0.4, -0.2) is 71.1 Å². The zero-order valence-corrected chi connectivity index (χ0v) is 25.0. The van der Waals surface area contributed by atoms with E-state index in [-0.39, 0.29) is 43.7 Å². The molecule has 45 heavy (non-hydrogen) atoms. The van der Waals surface area contributed by atoms with Crippen molar-refractivity contribution >= 4 is 28.8 Å². The first-order valence-electron chi connectivity index (χ1n) is 14.8. The van der Waals surface area contributed by atoms with Gasteiger partial charge in [-0.2, -0.15) is 0 Å². The summed E-state index contributed by atoms with van der Waals surface area (Å²) < 4.78 is 34.0. The van der Waals surface area contributed by atoms with Gasteiger partial charge in [0.2, 0.25) is 5.91 Å². The number of carbonyl (C=O) groups is 3. The molecule has 2 aromatic heterocycles. The number of hydrogen-bond acceptors (Lipinski definition) is 7. The zero-order chi connectivity index (χ0) is 31.5. The fourth-order valence-electron chi connectivity index (χ4n) is 5.70. The van der Waals surface area contributed by atoms with Crippen molar-refractivity contribution in [3.8, 4) is 17.2 Å². The third-order valence-corrected chi connectivity index (χ3v) is 8.05. The van der Waals surface area contributed by atoms with Crippen LogP contribution in [0.1, 0.15) is 34.5 Å². The Hall–Kier alpha value is -5.13. The molecule has 0 unspecified atom stereocenters. The Kier molecular flexibility index (Phi) is 8.54. The molecule has 1 saturated heterocycles. The monoisotopic (exact) mass is 615 g/mol. The molecule has 2 aromatic carbocycles. The van der Waals surface area contributed by atoms with Crippen LogP contribution in [-0.2, 0) is 29.6 Å². The van der Waals surface area contributed by atoms with Gasteiger partial charge < -0.3 is 34.3 Å². The molecule has 0 spiro atoms. The third-order valence-electron chi connectivity index (χ3n) is 8.05. The highest BCUT2D eigenvalue weighted by Crippen LogP contribution is 2.29. The van der Waals surface area contributed by atoms with Crippen LogP contribution in [0.25, 0.3) is 11.0 Å². The van der Waals surface area contributed by atoms with E-state index in [0.29, 0.717) is 47.8 Å². The molecule has 4 heterocycles. The number of nitrogens with one attached hydrogen (secondary N) is 2. The lowest BCUT2D eigenvalue weighted by molar-refractivity contribution is -0.125. The van der Waals surface area contributed by atoms with Crippen LogP contribution in [0, 0.1) is 5.82 Å². The normalized spacial score (nSPS) is 19.2. The van der Waals surface area contributed by atoms with Gasteiger partial charge in [-0.25, -0.2) is 9.37 Å². The maximum absolute atomic E-state index is 14.6. The van der Waals surface area contributed by atoms with E-state index in [0.717, 1.165) is 10.9 Å². The Morgan fingerprint density at radius 2 is 1.91 bits per heavy atom. The van der Waals surface area contributed by atoms with Crippen molar-refractivity contribution in [2.24, 2.45) is 7.05 Å². The minimum atomic E-state index is -0.642. The molecular weight excluding hydrogens is 581 g/mol. The van der Waals surface area contributed by atoms with Crippen LogP contribution in [0.5, 0.6) is 17.2 Å². The van der Waals surface area contributed by atoms with E-state index in [4.69, 9.17) is 14.2 Å². The van der Waals surface area contributed by atoms with Gasteiger partial charge in [-0.15, -0.1) is 0 Å². The molecule has 0 radical (unpaired) electrons. The molecule has 4 aromatic rings. The molecule has 1 fully saturated rings. The number of halogens is 1. The molecule has 11 nitrogen and oxygen atoms in total. The molecule has 234 valence electrons. The van der Waals surface area contributed by atoms with Gasteiger partial charge in [-0.05, 0) is 60.0 Å². The molecule has 0 aliphatic carbocycles. The second-order valence-corrected chi connectivity index (χ2v) is 11.3. The van der Waals surface area contributed by atoms with Crippen LogP contribution in [0.2, 0.25) is 0 Å². The second-order valence-electron chi connectivity index (χ2n) is 11.3.